The summed E-state index contributed by atoms with van der Waals surface area (Å²) in [5, 5.41) is 0. The molecule has 0 bridgehead atoms. The molecule has 0 aliphatic carbocycles. The Kier molecular flexibility index (Phi) is 7.30. The molecule has 0 fully saturated rings. The minimum absolute atomic E-state index is 0.104. The van der Waals surface area contributed by atoms with E-state index in [-0.39, 0.29) is 12.7 Å². The average molecular weight is 324 g/mol. The third-order valence-corrected chi connectivity index (χ3v) is 3.33. The summed E-state index contributed by atoms with van der Waals surface area (Å²) >= 11 is 0. The Morgan fingerprint density at radius 1 is 0.913 bits per heavy atom. The van der Waals surface area contributed by atoms with Crippen LogP contribution in [0.1, 0.15) is 49.1 Å². The smallest absolute Gasteiger partial charge is 0.369 e. The highest BCUT2D eigenvalue weighted by Crippen LogP contribution is 2.29. The fourth-order valence-electron chi connectivity index (χ4n) is 1.94. The summed E-state index contributed by atoms with van der Waals surface area (Å²) in [5.41, 5.74) is 2.31. The number of benzene rings is 2. The van der Waals surface area contributed by atoms with Gasteiger partial charge in [0, 0.05) is 0 Å². The minimum atomic E-state index is -4.30. The molecule has 2 aromatic rings. The Labute approximate surface area is 136 Å². The highest BCUT2D eigenvalue weighted by atomic mass is 19.4. The summed E-state index contributed by atoms with van der Waals surface area (Å²) in [7, 11) is 0. The summed E-state index contributed by atoms with van der Waals surface area (Å²) < 4.78 is 43.1. The molecule has 1 atom stereocenters. The Hall–Kier alpha value is -1.81. The molecule has 1 unspecified atom stereocenters. The average Bonchev–Trinajstić information content (AvgIpc) is 2.55. The van der Waals surface area contributed by atoms with Gasteiger partial charge in [-0.2, -0.15) is 13.2 Å². The Morgan fingerprint density at radius 2 is 1.43 bits per heavy atom. The van der Waals surface area contributed by atoms with E-state index in [1.54, 1.807) is 0 Å². The quantitative estimate of drug-likeness (QED) is 0.639. The van der Waals surface area contributed by atoms with Gasteiger partial charge in [-0.3, -0.25) is 0 Å². The molecule has 0 saturated heterocycles. The SMILES string of the molecule is CC.Cc1ccc(C(C)OCc2ccc(C(F)(F)F)cc2)cc1. The molecular formula is C19H23F3O. The van der Waals surface area contributed by atoms with Crippen molar-refractivity contribution in [3.8, 4) is 0 Å². The fourth-order valence-corrected chi connectivity index (χ4v) is 1.94. The molecule has 2 aromatic carbocycles. The van der Waals surface area contributed by atoms with Crippen LogP contribution in [0.5, 0.6) is 0 Å². The van der Waals surface area contributed by atoms with Crippen molar-refractivity contribution in [1.29, 1.82) is 0 Å². The predicted octanol–water partition coefficient (Wildman–Crippen LogP) is 6.32. The Bertz CT molecular complexity index is 571. The zero-order valence-electron chi connectivity index (χ0n) is 13.9. The lowest BCUT2D eigenvalue weighted by molar-refractivity contribution is -0.137. The van der Waals surface area contributed by atoms with E-state index in [9.17, 15) is 13.2 Å². The summed E-state index contributed by atoms with van der Waals surface area (Å²) in [6.07, 6.45) is -4.40. The number of ether oxygens (including phenoxy) is 1. The van der Waals surface area contributed by atoms with Crippen LogP contribution in [0.4, 0.5) is 13.2 Å². The van der Waals surface area contributed by atoms with E-state index in [0.717, 1.165) is 23.3 Å². The summed E-state index contributed by atoms with van der Waals surface area (Å²) in [6.45, 7) is 8.22. The largest absolute Gasteiger partial charge is 0.416 e. The maximum atomic E-state index is 12.5. The molecule has 0 saturated carbocycles. The van der Waals surface area contributed by atoms with E-state index in [4.69, 9.17) is 4.74 Å². The lowest BCUT2D eigenvalue weighted by Crippen LogP contribution is -2.05. The molecule has 0 amide bonds. The molecule has 4 heteroatoms. The van der Waals surface area contributed by atoms with E-state index >= 15 is 0 Å². The first-order valence-electron chi connectivity index (χ1n) is 7.70. The van der Waals surface area contributed by atoms with Gasteiger partial charge in [-0.05, 0) is 37.1 Å². The lowest BCUT2D eigenvalue weighted by atomic mass is 10.1. The van der Waals surface area contributed by atoms with Gasteiger partial charge in [0.1, 0.15) is 0 Å². The molecule has 126 valence electrons. The first kappa shape index (κ1) is 19.2. The van der Waals surface area contributed by atoms with Gasteiger partial charge in [0.15, 0.2) is 0 Å². The van der Waals surface area contributed by atoms with Gasteiger partial charge in [-0.1, -0.05) is 55.8 Å². The molecule has 0 radical (unpaired) electrons. The fraction of sp³-hybridized carbons (Fsp3) is 0.368. The summed E-state index contributed by atoms with van der Waals surface area (Å²) in [5.74, 6) is 0. The van der Waals surface area contributed by atoms with Crippen molar-refractivity contribution >= 4 is 0 Å². The normalized spacial score (nSPS) is 12.3. The van der Waals surface area contributed by atoms with E-state index in [1.807, 2.05) is 52.0 Å². The van der Waals surface area contributed by atoms with Gasteiger partial charge < -0.3 is 4.74 Å². The van der Waals surface area contributed by atoms with Crippen LogP contribution in [0, 0.1) is 6.92 Å². The molecule has 1 nitrogen and oxygen atoms in total. The first-order chi connectivity index (χ1) is 10.9. The monoisotopic (exact) mass is 324 g/mol. The van der Waals surface area contributed by atoms with Crippen LogP contribution < -0.4 is 0 Å². The number of alkyl halides is 3. The molecule has 0 aromatic heterocycles. The Balaban J connectivity index is 0.00000127. The van der Waals surface area contributed by atoms with E-state index in [1.165, 1.54) is 17.7 Å². The van der Waals surface area contributed by atoms with Crippen LogP contribution in [-0.4, -0.2) is 0 Å². The second-order valence-corrected chi connectivity index (χ2v) is 5.06. The Morgan fingerprint density at radius 3 is 1.91 bits per heavy atom. The minimum Gasteiger partial charge on any atom is -0.369 e. The van der Waals surface area contributed by atoms with Crippen molar-refractivity contribution in [2.24, 2.45) is 0 Å². The first-order valence-corrected chi connectivity index (χ1v) is 7.70. The molecule has 0 heterocycles. The number of rotatable bonds is 4. The van der Waals surface area contributed by atoms with Gasteiger partial charge in [0.05, 0.1) is 18.3 Å². The van der Waals surface area contributed by atoms with E-state index in [0.29, 0.717) is 0 Å². The van der Waals surface area contributed by atoms with E-state index in [2.05, 4.69) is 0 Å². The van der Waals surface area contributed by atoms with Crippen LogP contribution in [0.15, 0.2) is 48.5 Å². The van der Waals surface area contributed by atoms with Crippen LogP contribution in [0.2, 0.25) is 0 Å². The van der Waals surface area contributed by atoms with Crippen molar-refractivity contribution in [3.05, 3.63) is 70.8 Å². The lowest BCUT2D eigenvalue weighted by Gasteiger charge is -2.14. The molecule has 0 aliphatic heterocycles. The predicted molar refractivity (Wildman–Crippen MR) is 87.2 cm³/mol. The number of aryl methyl sites for hydroxylation is 1. The maximum absolute atomic E-state index is 12.5. The van der Waals surface area contributed by atoms with Crippen molar-refractivity contribution < 1.29 is 17.9 Å². The number of halogens is 3. The second-order valence-electron chi connectivity index (χ2n) is 5.06. The third-order valence-electron chi connectivity index (χ3n) is 3.33. The van der Waals surface area contributed by atoms with Crippen molar-refractivity contribution in [1.82, 2.24) is 0 Å². The van der Waals surface area contributed by atoms with Crippen molar-refractivity contribution in [3.63, 3.8) is 0 Å². The maximum Gasteiger partial charge on any atom is 0.416 e. The molecular weight excluding hydrogens is 301 g/mol. The van der Waals surface area contributed by atoms with Crippen LogP contribution in [0.25, 0.3) is 0 Å². The summed E-state index contributed by atoms with van der Waals surface area (Å²) in [6, 6.07) is 13.1. The zero-order valence-corrected chi connectivity index (χ0v) is 13.9. The molecule has 2 rings (SSSR count). The van der Waals surface area contributed by atoms with Crippen molar-refractivity contribution in [2.75, 3.05) is 0 Å². The molecule has 23 heavy (non-hydrogen) atoms. The third kappa shape index (κ3) is 6.06. The van der Waals surface area contributed by atoms with Crippen LogP contribution in [0.3, 0.4) is 0 Å². The summed E-state index contributed by atoms with van der Waals surface area (Å²) in [4.78, 5) is 0. The molecule has 0 spiro atoms. The zero-order chi connectivity index (χ0) is 17.5. The van der Waals surface area contributed by atoms with Gasteiger partial charge in [0.2, 0.25) is 0 Å². The van der Waals surface area contributed by atoms with Crippen molar-refractivity contribution in [2.45, 2.75) is 46.6 Å². The van der Waals surface area contributed by atoms with Gasteiger partial charge >= 0.3 is 6.18 Å². The second kappa shape index (κ2) is 8.73. The topological polar surface area (TPSA) is 9.23 Å². The van der Waals surface area contributed by atoms with E-state index < -0.39 is 11.7 Å². The number of hydrogen-bond acceptors (Lipinski definition) is 1. The van der Waals surface area contributed by atoms with Crippen LogP contribution in [-0.2, 0) is 17.5 Å². The number of hydrogen-bond donors (Lipinski definition) is 0. The standard InChI is InChI=1S/C17H17F3O.C2H6/c1-12-3-7-15(8-4-12)13(2)21-11-14-5-9-16(10-6-14)17(18,19)20;1-2/h3-10,13H,11H2,1-2H3;1-2H3. The highest BCUT2D eigenvalue weighted by Gasteiger charge is 2.29. The molecule has 0 N–H and O–H groups in total. The molecule has 0 aliphatic rings. The highest BCUT2D eigenvalue weighted by molar-refractivity contribution is 5.25. The van der Waals surface area contributed by atoms with Gasteiger partial charge in [-0.15, -0.1) is 0 Å². The van der Waals surface area contributed by atoms with Crippen LogP contribution >= 0.6 is 0 Å². The van der Waals surface area contributed by atoms with Gasteiger partial charge in [-0.25, -0.2) is 0 Å². The van der Waals surface area contributed by atoms with Gasteiger partial charge in [0.25, 0.3) is 0 Å².